The highest BCUT2D eigenvalue weighted by atomic mass is 35.5. The molecule has 1 aliphatic rings. The lowest BCUT2D eigenvalue weighted by molar-refractivity contribution is 0.215. The van der Waals surface area contributed by atoms with Gasteiger partial charge in [-0.05, 0) is 44.5 Å². The molecule has 1 saturated heterocycles. The summed E-state index contributed by atoms with van der Waals surface area (Å²) in [6.07, 6.45) is 6.06. The highest BCUT2D eigenvalue weighted by Gasteiger charge is 2.20. The number of sulfonamides is 1. The Morgan fingerprint density at radius 1 is 1.30 bits per heavy atom. The topological polar surface area (TPSA) is 75.2 Å². The van der Waals surface area contributed by atoms with E-state index < -0.39 is 10.0 Å². The van der Waals surface area contributed by atoms with Crippen LogP contribution >= 0.6 is 11.6 Å². The Kier molecular flexibility index (Phi) is 5.31. The number of hydrogen-bond acceptors (Lipinski definition) is 5. The van der Waals surface area contributed by atoms with E-state index in [4.69, 9.17) is 11.6 Å². The van der Waals surface area contributed by atoms with Gasteiger partial charge in [-0.2, -0.15) is 0 Å². The number of nitrogens with zero attached hydrogens (tertiary/aromatic N) is 3. The molecule has 0 radical (unpaired) electrons. The molecule has 2 heterocycles. The summed E-state index contributed by atoms with van der Waals surface area (Å²) in [7, 11) is -3.59. The van der Waals surface area contributed by atoms with Gasteiger partial charge in [0.15, 0.2) is 0 Å². The molecular formula is C12H19ClN4O2S. The molecule has 1 unspecified atom stereocenters. The zero-order valence-electron chi connectivity index (χ0n) is 11.4. The third-order valence-corrected chi connectivity index (χ3v) is 4.98. The minimum absolute atomic E-state index is 0.0327. The molecule has 0 bridgehead atoms. The maximum atomic E-state index is 12.1. The van der Waals surface area contributed by atoms with Gasteiger partial charge >= 0.3 is 0 Å². The third kappa shape index (κ3) is 4.37. The van der Waals surface area contributed by atoms with Gasteiger partial charge in [-0.25, -0.2) is 23.1 Å². The Labute approximate surface area is 124 Å². The number of hydrogen-bond donors (Lipinski definition) is 1. The lowest BCUT2D eigenvalue weighted by atomic mass is 10.1. The molecule has 1 N–H and O–H groups in total. The van der Waals surface area contributed by atoms with Crippen LogP contribution < -0.4 is 4.72 Å². The standard InChI is InChI=1S/C12H19ClN4O2S/c1-10(9-17-5-3-2-4-6-17)16-20(18,19)11-7-14-12(13)15-8-11/h7-8,10,16H,2-6,9H2,1H3. The molecule has 0 saturated carbocycles. The van der Waals surface area contributed by atoms with Gasteiger partial charge in [-0.1, -0.05) is 6.42 Å². The quantitative estimate of drug-likeness (QED) is 0.828. The van der Waals surface area contributed by atoms with E-state index in [9.17, 15) is 8.42 Å². The SMILES string of the molecule is CC(CN1CCCCC1)NS(=O)(=O)c1cnc(Cl)nc1. The average molecular weight is 319 g/mol. The van der Waals surface area contributed by atoms with Crippen LogP contribution in [0.25, 0.3) is 0 Å². The molecular weight excluding hydrogens is 300 g/mol. The van der Waals surface area contributed by atoms with Gasteiger partial charge in [0.1, 0.15) is 4.90 Å². The van der Waals surface area contributed by atoms with Gasteiger partial charge in [-0.15, -0.1) is 0 Å². The highest BCUT2D eigenvalue weighted by molar-refractivity contribution is 7.89. The number of halogens is 1. The Morgan fingerprint density at radius 2 is 1.90 bits per heavy atom. The van der Waals surface area contributed by atoms with E-state index in [0.29, 0.717) is 6.54 Å². The molecule has 0 aliphatic carbocycles. The van der Waals surface area contributed by atoms with Crippen LogP contribution in [0.3, 0.4) is 0 Å². The van der Waals surface area contributed by atoms with Crippen LogP contribution in [0.2, 0.25) is 5.28 Å². The summed E-state index contributed by atoms with van der Waals surface area (Å²) in [6, 6.07) is -0.159. The molecule has 0 amide bonds. The Bertz CT molecular complexity index is 529. The third-order valence-electron chi connectivity index (χ3n) is 3.24. The summed E-state index contributed by atoms with van der Waals surface area (Å²) in [4.78, 5) is 9.71. The highest BCUT2D eigenvalue weighted by Crippen LogP contribution is 2.11. The Hall–Kier alpha value is -0.760. The van der Waals surface area contributed by atoms with Crippen molar-refractivity contribution in [3.05, 3.63) is 17.7 Å². The van der Waals surface area contributed by atoms with Crippen molar-refractivity contribution >= 4 is 21.6 Å². The molecule has 6 nitrogen and oxygen atoms in total. The van der Waals surface area contributed by atoms with Crippen LogP contribution in [0.4, 0.5) is 0 Å². The van der Waals surface area contributed by atoms with Crippen LogP contribution in [0, 0.1) is 0 Å². The van der Waals surface area contributed by atoms with Gasteiger partial charge in [0.25, 0.3) is 0 Å². The smallest absolute Gasteiger partial charge is 0.243 e. The molecule has 8 heteroatoms. The summed E-state index contributed by atoms with van der Waals surface area (Å²) in [5.41, 5.74) is 0. The van der Waals surface area contributed by atoms with Gasteiger partial charge < -0.3 is 4.90 Å². The van der Waals surface area contributed by atoms with E-state index in [1.165, 1.54) is 31.7 Å². The first-order chi connectivity index (χ1) is 9.47. The molecule has 1 fully saturated rings. The second-order valence-corrected chi connectivity index (χ2v) is 7.12. The lowest BCUT2D eigenvalue weighted by Gasteiger charge is -2.29. The predicted octanol–water partition coefficient (Wildman–Crippen LogP) is 1.28. The van der Waals surface area contributed by atoms with Crippen LogP contribution in [0.15, 0.2) is 17.3 Å². The first-order valence-electron chi connectivity index (χ1n) is 6.69. The van der Waals surface area contributed by atoms with Gasteiger partial charge in [0, 0.05) is 12.6 Å². The van der Waals surface area contributed by atoms with Crippen molar-refractivity contribution in [1.82, 2.24) is 19.6 Å². The monoisotopic (exact) mass is 318 g/mol. The fourth-order valence-corrected chi connectivity index (χ4v) is 3.56. The normalized spacial score (nSPS) is 18.9. The number of piperidine rings is 1. The molecule has 112 valence electrons. The minimum Gasteiger partial charge on any atom is -0.302 e. The fourth-order valence-electron chi connectivity index (χ4n) is 2.34. The number of rotatable bonds is 5. The Balaban J connectivity index is 1.95. The maximum Gasteiger partial charge on any atom is 0.243 e. The van der Waals surface area contributed by atoms with Crippen molar-refractivity contribution in [2.45, 2.75) is 37.1 Å². The number of likely N-dealkylation sites (tertiary alicyclic amines) is 1. The molecule has 0 aromatic carbocycles. The summed E-state index contributed by atoms with van der Waals surface area (Å²) < 4.78 is 26.9. The molecule has 1 aromatic rings. The molecule has 1 aromatic heterocycles. The second kappa shape index (κ2) is 6.80. The summed E-state index contributed by atoms with van der Waals surface area (Å²) in [6.45, 7) is 4.66. The van der Waals surface area contributed by atoms with Crippen LogP contribution in [-0.2, 0) is 10.0 Å². The van der Waals surface area contributed by atoms with Gasteiger partial charge in [0.2, 0.25) is 15.3 Å². The largest absolute Gasteiger partial charge is 0.302 e. The van der Waals surface area contributed by atoms with E-state index in [-0.39, 0.29) is 16.2 Å². The zero-order chi connectivity index (χ0) is 14.6. The first-order valence-corrected chi connectivity index (χ1v) is 8.56. The van der Waals surface area contributed by atoms with Crippen molar-refractivity contribution in [3.8, 4) is 0 Å². The van der Waals surface area contributed by atoms with E-state index in [0.717, 1.165) is 13.1 Å². The van der Waals surface area contributed by atoms with Crippen molar-refractivity contribution in [3.63, 3.8) is 0 Å². The number of nitrogens with one attached hydrogen (secondary N) is 1. The van der Waals surface area contributed by atoms with Crippen LogP contribution in [0.5, 0.6) is 0 Å². The van der Waals surface area contributed by atoms with Crippen LogP contribution in [-0.4, -0.2) is 49.0 Å². The summed E-state index contributed by atoms with van der Waals surface area (Å²) >= 11 is 5.55. The summed E-state index contributed by atoms with van der Waals surface area (Å²) in [5.74, 6) is 0. The average Bonchev–Trinajstić information content (AvgIpc) is 2.39. The van der Waals surface area contributed by atoms with E-state index in [1.807, 2.05) is 6.92 Å². The van der Waals surface area contributed by atoms with Crippen molar-refractivity contribution in [2.75, 3.05) is 19.6 Å². The van der Waals surface area contributed by atoms with Crippen molar-refractivity contribution in [1.29, 1.82) is 0 Å². The van der Waals surface area contributed by atoms with Gasteiger partial charge in [-0.3, -0.25) is 0 Å². The van der Waals surface area contributed by atoms with Crippen LogP contribution in [0.1, 0.15) is 26.2 Å². The Morgan fingerprint density at radius 3 is 2.50 bits per heavy atom. The zero-order valence-corrected chi connectivity index (χ0v) is 13.0. The molecule has 20 heavy (non-hydrogen) atoms. The maximum absolute atomic E-state index is 12.1. The fraction of sp³-hybridized carbons (Fsp3) is 0.667. The van der Waals surface area contributed by atoms with Gasteiger partial charge in [0.05, 0.1) is 12.4 Å². The number of aromatic nitrogens is 2. The first kappa shape index (κ1) is 15.6. The summed E-state index contributed by atoms with van der Waals surface area (Å²) in [5, 5.41) is 0.0327. The minimum atomic E-state index is -3.59. The van der Waals surface area contributed by atoms with E-state index in [1.54, 1.807) is 0 Å². The van der Waals surface area contributed by atoms with E-state index in [2.05, 4.69) is 19.6 Å². The van der Waals surface area contributed by atoms with E-state index >= 15 is 0 Å². The van der Waals surface area contributed by atoms with Crippen molar-refractivity contribution in [2.24, 2.45) is 0 Å². The molecule has 1 atom stereocenters. The molecule has 0 spiro atoms. The molecule has 2 rings (SSSR count). The predicted molar refractivity (Wildman–Crippen MR) is 77.1 cm³/mol. The van der Waals surface area contributed by atoms with Crippen molar-refractivity contribution < 1.29 is 8.42 Å². The molecule has 1 aliphatic heterocycles. The lowest BCUT2D eigenvalue weighted by Crippen LogP contribution is -2.43. The second-order valence-electron chi connectivity index (χ2n) is 5.07.